The zero-order chi connectivity index (χ0) is 33.0. The van der Waals surface area contributed by atoms with Crippen molar-refractivity contribution in [2.75, 3.05) is 0 Å². The van der Waals surface area contributed by atoms with Gasteiger partial charge in [0.2, 0.25) is 0 Å². The standard InChI is InChI=1S/C42H46N4O/c1-25(2)41-40(39-29(7)12-11-13-30(39)8)42(26(3)4)46(44-41)31-20-28(6)21-33(23-31)47-32-16-17-35-34-14-9-10-15-36(34)45(37(35)24-32)38-22-27(5)18-19-43-38/h9-10,12,14-26,30,39H,11,13H2,1-8H3/t30-,39+/m0/s1. The van der Waals surface area contributed by atoms with Crippen molar-refractivity contribution in [1.82, 2.24) is 19.3 Å². The number of aryl methyl sites for hydroxylation is 2. The summed E-state index contributed by atoms with van der Waals surface area (Å²) in [5, 5.41) is 7.75. The van der Waals surface area contributed by atoms with Gasteiger partial charge in [-0.2, -0.15) is 5.10 Å². The van der Waals surface area contributed by atoms with E-state index in [0.717, 1.165) is 46.0 Å². The van der Waals surface area contributed by atoms with Crippen LogP contribution in [0.25, 0.3) is 33.3 Å². The number of hydrogen-bond acceptors (Lipinski definition) is 3. The van der Waals surface area contributed by atoms with Crippen LogP contribution in [0.15, 0.2) is 90.6 Å². The summed E-state index contributed by atoms with van der Waals surface area (Å²) < 4.78 is 11.1. The zero-order valence-electron chi connectivity index (χ0n) is 29.0. The van der Waals surface area contributed by atoms with E-state index in [-0.39, 0.29) is 0 Å². The molecule has 0 unspecified atom stereocenters. The molecule has 0 bridgehead atoms. The highest BCUT2D eigenvalue weighted by atomic mass is 16.5. The van der Waals surface area contributed by atoms with Crippen molar-refractivity contribution in [2.24, 2.45) is 5.92 Å². The Labute approximate surface area is 278 Å². The predicted octanol–water partition coefficient (Wildman–Crippen LogP) is 11.5. The smallest absolute Gasteiger partial charge is 0.137 e. The number of para-hydroxylation sites is 1. The van der Waals surface area contributed by atoms with Gasteiger partial charge in [0.15, 0.2) is 0 Å². The molecule has 0 spiro atoms. The third kappa shape index (κ3) is 5.56. The topological polar surface area (TPSA) is 44.9 Å². The highest BCUT2D eigenvalue weighted by molar-refractivity contribution is 6.09. The van der Waals surface area contributed by atoms with Crippen LogP contribution in [0, 0.1) is 19.8 Å². The molecule has 0 saturated carbocycles. The molecular weight excluding hydrogens is 576 g/mol. The molecule has 3 heterocycles. The lowest BCUT2D eigenvalue weighted by molar-refractivity contribution is 0.443. The molecule has 5 heteroatoms. The van der Waals surface area contributed by atoms with Gasteiger partial charge in [-0.15, -0.1) is 0 Å². The average molecular weight is 623 g/mol. The number of hydrogen-bond donors (Lipinski definition) is 0. The Kier molecular flexibility index (Phi) is 8.03. The molecule has 1 aliphatic rings. The Balaban J connectivity index is 1.34. The summed E-state index contributed by atoms with van der Waals surface area (Å²) in [6.07, 6.45) is 6.70. The number of rotatable bonds is 7. The Hall–Kier alpha value is -4.64. The molecule has 240 valence electrons. The van der Waals surface area contributed by atoms with Crippen LogP contribution in [0.4, 0.5) is 0 Å². The van der Waals surface area contributed by atoms with Gasteiger partial charge in [-0.25, -0.2) is 9.67 Å². The summed E-state index contributed by atoms with van der Waals surface area (Å²) in [6.45, 7) is 18.1. The van der Waals surface area contributed by atoms with Gasteiger partial charge >= 0.3 is 0 Å². The summed E-state index contributed by atoms with van der Waals surface area (Å²) in [6, 6.07) is 25.6. The van der Waals surface area contributed by atoms with Crippen molar-refractivity contribution >= 4 is 21.8 Å². The van der Waals surface area contributed by atoms with Gasteiger partial charge in [0, 0.05) is 40.6 Å². The molecule has 0 fully saturated rings. The number of nitrogens with zero attached hydrogens (tertiary/aromatic N) is 4. The summed E-state index contributed by atoms with van der Waals surface area (Å²) in [4.78, 5) is 4.75. The van der Waals surface area contributed by atoms with Gasteiger partial charge in [-0.3, -0.25) is 4.57 Å². The highest BCUT2D eigenvalue weighted by Gasteiger charge is 2.33. The fourth-order valence-corrected chi connectivity index (χ4v) is 7.74. The second-order valence-corrected chi connectivity index (χ2v) is 14.2. The third-order valence-corrected chi connectivity index (χ3v) is 9.83. The van der Waals surface area contributed by atoms with Crippen LogP contribution >= 0.6 is 0 Å². The Morgan fingerprint density at radius 1 is 0.787 bits per heavy atom. The molecular formula is C42H46N4O. The maximum atomic E-state index is 6.69. The van der Waals surface area contributed by atoms with E-state index in [1.807, 2.05) is 12.3 Å². The second-order valence-electron chi connectivity index (χ2n) is 14.2. The summed E-state index contributed by atoms with van der Waals surface area (Å²) in [5.41, 5.74) is 11.0. The van der Waals surface area contributed by atoms with E-state index in [0.29, 0.717) is 23.7 Å². The molecule has 3 aromatic carbocycles. The monoisotopic (exact) mass is 622 g/mol. The van der Waals surface area contributed by atoms with E-state index in [1.54, 1.807) is 0 Å². The normalized spacial score (nSPS) is 16.9. The van der Waals surface area contributed by atoms with Crippen molar-refractivity contribution in [3.05, 3.63) is 119 Å². The van der Waals surface area contributed by atoms with E-state index in [2.05, 4.69) is 137 Å². The quantitative estimate of drug-likeness (QED) is 0.166. The first-order valence-electron chi connectivity index (χ1n) is 17.2. The molecule has 0 aliphatic heterocycles. The van der Waals surface area contributed by atoms with Gasteiger partial charge in [-0.1, -0.05) is 64.5 Å². The molecule has 6 aromatic rings. The maximum absolute atomic E-state index is 6.69. The van der Waals surface area contributed by atoms with Crippen molar-refractivity contribution in [2.45, 2.75) is 86.0 Å². The van der Waals surface area contributed by atoms with Crippen molar-refractivity contribution < 1.29 is 4.74 Å². The molecule has 0 amide bonds. The first-order chi connectivity index (χ1) is 22.6. The van der Waals surface area contributed by atoms with Crippen LogP contribution in [-0.4, -0.2) is 19.3 Å². The summed E-state index contributed by atoms with van der Waals surface area (Å²) in [7, 11) is 0. The Morgan fingerprint density at radius 3 is 2.32 bits per heavy atom. The number of aromatic nitrogens is 4. The minimum atomic E-state index is 0.316. The maximum Gasteiger partial charge on any atom is 0.137 e. The summed E-state index contributed by atoms with van der Waals surface area (Å²) in [5.74, 6) is 4.12. The van der Waals surface area contributed by atoms with Crippen LogP contribution in [0.5, 0.6) is 11.5 Å². The average Bonchev–Trinajstić information content (AvgIpc) is 3.58. The molecule has 0 N–H and O–H groups in total. The van der Waals surface area contributed by atoms with E-state index in [1.165, 1.54) is 45.3 Å². The fourth-order valence-electron chi connectivity index (χ4n) is 7.74. The van der Waals surface area contributed by atoms with Crippen LogP contribution in [0.2, 0.25) is 0 Å². The van der Waals surface area contributed by atoms with Crippen LogP contribution in [0.3, 0.4) is 0 Å². The molecule has 2 atom stereocenters. The fraction of sp³-hybridized carbons (Fsp3) is 0.333. The van der Waals surface area contributed by atoms with Gasteiger partial charge in [0.1, 0.15) is 17.3 Å². The number of ether oxygens (including phenoxy) is 1. The third-order valence-electron chi connectivity index (χ3n) is 9.83. The molecule has 0 saturated heterocycles. The van der Waals surface area contributed by atoms with E-state index >= 15 is 0 Å². The molecule has 3 aromatic heterocycles. The lowest BCUT2D eigenvalue weighted by atomic mass is 9.73. The molecule has 7 rings (SSSR count). The van der Waals surface area contributed by atoms with Gasteiger partial charge < -0.3 is 4.74 Å². The van der Waals surface area contributed by atoms with E-state index in [4.69, 9.17) is 14.8 Å². The van der Waals surface area contributed by atoms with Gasteiger partial charge in [-0.05, 0) is 105 Å². The summed E-state index contributed by atoms with van der Waals surface area (Å²) >= 11 is 0. The first-order valence-corrected chi connectivity index (χ1v) is 17.2. The molecule has 0 radical (unpaired) electrons. The predicted molar refractivity (Wildman–Crippen MR) is 195 cm³/mol. The van der Waals surface area contributed by atoms with Crippen LogP contribution in [-0.2, 0) is 0 Å². The van der Waals surface area contributed by atoms with E-state index in [9.17, 15) is 0 Å². The Bertz CT molecular complexity index is 2140. The highest BCUT2D eigenvalue weighted by Crippen LogP contribution is 2.45. The number of allylic oxidation sites excluding steroid dienone is 2. The van der Waals surface area contributed by atoms with Crippen molar-refractivity contribution in [3.63, 3.8) is 0 Å². The van der Waals surface area contributed by atoms with E-state index < -0.39 is 0 Å². The first kappa shape index (κ1) is 31.0. The van der Waals surface area contributed by atoms with Gasteiger partial charge in [0.05, 0.1) is 28.1 Å². The minimum absolute atomic E-state index is 0.316. The number of benzene rings is 3. The van der Waals surface area contributed by atoms with Gasteiger partial charge in [0.25, 0.3) is 0 Å². The molecule has 1 aliphatic carbocycles. The molecule has 47 heavy (non-hydrogen) atoms. The SMILES string of the molecule is CC1=CCC[C@H](C)[C@@H]1c1c(C(C)C)nn(-c2cc(C)cc(Oc3ccc4c5ccccc5n(-c5cc(C)ccn5)c4c3)c2)c1C(C)C. The lowest BCUT2D eigenvalue weighted by Gasteiger charge is -2.31. The molecule has 5 nitrogen and oxygen atoms in total. The second kappa shape index (κ2) is 12.2. The van der Waals surface area contributed by atoms with Crippen LogP contribution < -0.4 is 4.74 Å². The zero-order valence-corrected chi connectivity index (χ0v) is 29.0. The van der Waals surface area contributed by atoms with Crippen LogP contribution in [0.1, 0.15) is 100 Å². The van der Waals surface area contributed by atoms with Crippen molar-refractivity contribution in [1.29, 1.82) is 0 Å². The number of pyridine rings is 1. The minimum Gasteiger partial charge on any atom is -0.457 e. The Morgan fingerprint density at radius 2 is 1.57 bits per heavy atom. The lowest BCUT2D eigenvalue weighted by Crippen LogP contribution is -2.18. The largest absolute Gasteiger partial charge is 0.457 e. The number of fused-ring (bicyclic) bond motifs is 3. The van der Waals surface area contributed by atoms with Crippen molar-refractivity contribution in [3.8, 4) is 23.0 Å².